The van der Waals surface area contributed by atoms with Crippen molar-refractivity contribution in [2.45, 2.75) is 101 Å². The van der Waals surface area contributed by atoms with Gasteiger partial charge in [-0.15, -0.1) is 0 Å². The molecule has 5 rings (SSSR count). The number of allylic oxidation sites excluding steroid dienone is 1. The predicted octanol–water partition coefficient (Wildman–Crippen LogP) is 3.67. The summed E-state index contributed by atoms with van der Waals surface area (Å²) in [5, 5.41) is 17.1. The highest BCUT2D eigenvalue weighted by molar-refractivity contribution is 6.01. The highest BCUT2D eigenvalue weighted by Crippen LogP contribution is 2.36. The topological polar surface area (TPSA) is 81.7 Å². The van der Waals surface area contributed by atoms with Gasteiger partial charge in [-0.25, -0.2) is 8.78 Å². The summed E-state index contributed by atoms with van der Waals surface area (Å²) in [4.78, 5) is 27.1. The van der Waals surface area contributed by atoms with Crippen LogP contribution in [-0.4, -0.2) is 52.0 Å². The summed E-state index contributed by atoms with van der Waals surface area (Å²) in [5.41, 5.74) is 3.37. The number of nitrogens with zero attached hydrogens (tertiary/aromatic N) is 1. The van der Waals surface area contributed by atoms with Crippen LogP contribution in [0.4, 0.5) is 8.78 Å². The van der Waals surface area contributed by atoms with E-state index in [1.807, 2.05) is 12.1 Å². The summed E-state index contributed by atoms with van der Waals surface area (Å²) in [6.07, 6.45) is 4.81. The lowest BCUT2D eigenvalue weighted by Crippen LogP contribution is -2.53. The monoisotopic (exact) mass is 487 g/mol. The van der Waals surface area contributed by atoms with E-state index in [1.54, 1.807) is 4.90 Å². The number of rotatable bonds is 5. The van der Waals surface area contributed by atoms with Crippen molar-refractivity contribution in [3.8, 4) is 0 Å². The summed E-state index contributed by atoms with van der Waals surface area (Å²) in [6.45, 7) is 4.23. The standard InChI is InChI=1S/C27H35F2N3O3/c1-16-5-8-22(25(34)30-16)32-15-19-14-17(6-7-21(19)26(32)35)13-18-3-2-4-23(33)24(18)31-20-9-11-27(28,29)12-10-20/h6-7,14,18,20,22-24,31,33H,1-5,8-13,15H2,(H,30,34)/t18-,22?,23+,24-/m1/s1. The lowest BCUT2D eigenvalue weighted by atomic mass is 9.77. The fraction of sp³-hybridized carbons (Fsp3) is 0.630. The molecule has 8 heteroatoms. The summed E-state index contributed by atoms with van der Waals surface area (Å²) in [7, 11) is 0. The van der Waals surface area contributed by atoms with Crippen LogP contribution in [-0.2, 0) is 17.8 Å². The van der Waals surface area contributed by atoms with Crippen LogP contribution in [0.2, 0.25) is 0 Å². The third-order valence-corrected chi connectivity index (χ3v) is 8.34. The number of amides is 2. The SMILES string of the molecule is C=C1CCC(N2Cc3cc(C[C@H]4CCC[C@H](O)[C@@H]4NC4CCC(F)(F)CC4)ccc3C2=O)C(=O)N1. The van der Waals surface area contributed by atoms with Crippen LogP contribution in [0.5, 0.6) is 0 Å². The van der Waals surface area contributed by atoms with Crippen molar-refractivity contribution < 1.29 is 23.5 Å². The smallest absolute Gasteiger partial charge is 0.255 e. The Morgan fingerprint density at radius 2 is 1.91 bits per heavy atom. The molecule has 2 amide bonds. The van der Waals surface area contributed by atoms with Crippen LogP contribution in [0.15, 0.2) is 30.5 Å². The van der Waals surface area contributed by atoms with Crippen molar-refractivity contribution in [3.63, 3.8) is 0 Å². The second kappa shape index (κ2) is 9.62. The fourth-order valence-electron chi connectivity index (χ4n) is 6.36. The van der Waals surface area contributed by atoms with Gasteiger partial charge < -0.3 is 20.6 Å². The lowest BCUT2D eigenvalue weighted by Gasteiger charge is -2.40. The first-order valence-electron chi connectivity index (χ1n) is 12.9. The van der Waals surface area contributed by atoms with E-state index < -0.39 is 18.1 Å². The molecule has 2 aliphatic heterocycles. The van der Waals surface area contributed by atoms with Crippen molar-refractivity contribution in [1.29, 1.82) is 0 Å². The maximum Gasteiger partial charge on any atom is 0.255 e. The van der Waals surface area contributed by atoms with E-state index in [0.29, 0.717) is 43.5 Å². The minimum atomic E-state index is -2.56. The molecular weight excluding hydrogens is 452 g/mol. The first-order chi connectivity index (χ1) is 16.7. The molecule has 4 atom stereocenters. The number of carbonyl (C=O) groups excluding carboxylic acids is 2. The van der Waals surface area contributed by atoms with Gasteiger partial charge in [0.2, 0.25) is 11.8 Å². The zero-order chi connectivity index (χ0) is 24.7. The first-order valence-corrected chi connectivity index (χ1v) is 12.9. The van der Waals surface area contributed by atoms with E-state index >= 15 is 0 Å². The Morgan fingerprint density at radius 3 is 2.66 bits per heavy atom. The van der Waals surface area contributed by atoms with Gasteiger partial charge in [-0.05, 0) is 68.1 Å². The molecule has 35 heavy (non-hydrogen) atoms. The molecule has 3 N–H and O–H groups in total. The van der Waals surface area contributed by atoms with Crippen LogP contribution in [0.25, 0.3) is 0 Å². The fourth-order valence-corrected chi connectivity index (χ4v) is 6.36. The predicted molar refractivity (Wildman–Crippen MR) is 128 cm³/mol. The molecule has 1 unspecified atom stereocenters. The highest BCUT2D eigenvalue weighted by Gasteiger charge is 2.40. The second-order valence-electron chi connectivity index (χ2n) is 10.9. The van der Waals surface area contributed by atoms with Crippen molar-refractivity contribution in [3.05, 3.63) is 47.2 Å². The van der Waals surface area contributed by atoms with Crippen LogP contribution in [0.3, 0.4) is 0 Å². The Balaban J connectivity index is 1.26. The van der Waals surface area contributed by atoms with Crippen molar-refractivity contribution in [2.75, 3.05) is 0 Å². The largest absolute Gasteiger partial charge is 0.391 e. The average Bonchev–Trinajstić information content (AvgIpc) is 3.13. The van der Waals surface area contributed by atoms with E-state index in [2.05, 4.69) is 23.3 Å². The highest BCUT2D eigenvalue weighted by atomic mass is 19.3. The summed E-state index contributed by atoms with van der Waals surface area (Å²) < 4.78 is 27.2. The Kier molecular flexibility index (Phi) is 6.70. The number of fused-ring (bicyclic) bond motifs is 1. The Labute approximate surface area is 205 Å². The van der Waals surface area contributed by atoms with Gasteiger partial charge in [-0.2, -0.15) is 0 Å². The van der Waals surface area contributed by atoms with E-state index in [-0.39, 0.29) is 42.7 Å². The van der Waals surface area contributed by atoms with E-state index in [0.717, 1.165) is 36.8 Å². The van der Waals surface area contributed by atoms with Gasteiger partial charge in [0.25, 0.3) is 5.91 Å². The van der Waals surface area contributed by atoms with Gasteiger partial charge in [0.1, 0.15) is 6.04 Å². The minimum absolute atomic E-state index is 0.0128. The Bertz CT molecular complexity index is 1000. The van der Waals surface area contributed by atoms with Crippen molar-refractivity contribution in [1.82, 2.24) is 15.5 Å². The molecule has 2 saturated carbocycles. The number of benzene rings is 1. The zero-order valence-electron chi connectivity index (χ0n) is 20.1. The average molecular weight is 488 g/mol. The third kappa shape index (κ3) is 5.14. The number of halogens is 2. The van der Waals surface area contributed by atoms with Gasteiger partial charge in [-0.3, -0.25) is 9.59 Å². The normalized spacial score (nSPS) is 31.4. The van der Waals surface area contributed by atoms with E-state index in [9.17, 15) is 23.5 Å². The van der Waals surface area contributed by atoms with Crippen LogP contribution in [0, 0.1) is 5.92 Å². The lowest BCUT2D eigenvalue weighted by molar-refractivity contribution is -0.126. The first kappa shape index (κ1) is 24.4. The third-order valence-electron chi connectivity index (χ3n) is 8.34. The number of piperidine rings is 1. The molecule has 6 nitrogen and oxygen atoms in total. The molecule has 1 aromatic carbocycles. The number of aliphatic hydroxyl groups is 1. The molecule has 4 aliphatic rings. The van der Waals surface area contributed by atoms with E-state index in [1.165, 1.54) is 0 Å². The van der Waals surface area contributed by atoms with Gasteiger partial charge in [0.05, 0.1) is 6.10 Å². The Morgan fingerprint density at radius 1 is 1.14 bits per heavy atom. The molecule has 0 aromatic heterocycles. The zero-order valence-corrected chi connectivity index (χ0v) is 20.1. The summed E-state index contributed by atoms with van der Waals surface area (Å²) in [6, 6.07) is 5.31. The molecule has 3 fully saturated rings. The number of aliphatic hydroxyl groups excluding tert-OH is 1. The summed E-state index contributed by atoms with van der Waals surface area (Å²) >= 11 is 0. The molecular formula is C27H35F2N3O3. The van der Waals surface area contributed by atoms with Crippen molar-refractivity contribution in [2.24, 2.45) is 5.92 Å². The molecule has 2 aliphatic carbocycles. The van der Waals surface area contributed by atoms with Gasteiger partial charge in [0, 0.05) is 42.7 Å². The van der Waals surface area contributed by atoms with Gasteiger partial charge >= 0.3 is 0 Å². The molecule has 0 spiro atoms. The maximum absolute atomic E-state index is 13.6. The van der Waals surface area contributed by atoms with Gasteiger partial charge in [-0.1, -0.05) is 25.1 Å². The Hall–Kier alpha value is -2.32. The molecule has 190 valence electrons. The molecule has 1 saturated heterocycles. The van der Waals surface area contributed by atoms with Gasteiger partial charge in [0.15, 0.2) is 0 Å². The molecule has 1 aromatic rings. The maximum atomic E-state index is 13.6. The number of carbonyl (C=O) groups is 2. The quantitative estimate of drug-likeness (QED) is 0.592. The number of alkyl halides is 2. The summed E-state index contributed by atoms with van der Waals surface area (Å²) in [5.74, 6) is -2.65. The van der Waals surface area contributed by atoms with Crippen LogP contribution >= 0.6 is 0 Å². The second-order valence-corrected chi connectivity index (χ2v) is 10.9. The van der Waals surface area contributed by atoms with Crippen molar-refractivity contribution >= 4 is 11.8 Å². The van der Waals surface area contributed by atoms with Crippen LogP contribution in [0.1, 0.15) is 79.3 Å². The number of hydrogen-bond acceptors (Lipinski definition) is 4. The number of hydrogen-bond donors (Lipinski definition) is 3. The molecule has 2 heterocycles. The van der Waals surface area contributed by atoms with E-state index in [4.69, 9.17) is 0 Å². The number of nitrogens with one attached hydrogen (secondary N) is 2. The van der Waals surface area contributed by atoms with Crippen LogP contribution < -0.4 is 10.6 Å². The molecule has 0 radical (unpaired) electrons. The molecule has 0 bridgehead atoms. The minimum Gasteiger partial charge on any atom is -0.391 e.